The summed E-state index contributed by atoms with van der Waals surface area (Å²) in [6.07, 6.45) is 1.30. The largest absolute Gasteiger partial charge is 0.508 e. The zero-order chi connectivity index (χ0) is 27.8. The quantitative estimate of drug-likeness (QED) is 0.295. The van der Waals surface area contributed by atoms with Crippen molar-refractivity contribution in [2.75, 3.05) is 6.54 Å². The van der Waals surface area contributed by atoms with E-state index < -0.39 is 47.9 Å². The van der Waals surface area contributed by atoms with Crippen molar-refractivity contribution in [1.82, 2.24) is 15.5 Å². The standard InChI is InChI=1S/C28H36N4O6/c1-17(2)24(31-25(34)21(29)15-18-7-4-3-5-8-18)27(36)32-14-6-9-23(32)26(35)30-22(28(37)38)16-19-10-12-20(33)13-11-19/h3-5,7-8,10-13,17,21-24,33H,6,9,14-16,29H2,1-2H3,(H,30,35)(H,31,34)(H,37,38). The number of hydrogen-bond acceptors (Lipinski definition) is 6. The summed E-state index contributed by atoms with van der Waals surface area (Å²) in [6, 6.07) is 11.6. The number of aliphatic carboxylic acids is 1. The molecule has 2 aromatic rings. The zero-order valence-corrected chi connectivity index (χ0v) is 21.7. The second kappa shape index (κ2) is 13.0. The second-order valence-electron chi connectivity index (χ2n) is 9.99. The van der Waals surface area contributed by atoms with Crippen LogP contribution in [0.4, 0.5) is 0 Å². The summed E-state index contributed by atoms with van der Waals surface area (Å²) in [5.74, 6) is -2.83. The number of rotatable bonds is 11. The van der Waals surface area contributed by atoms with E-state index in [1.54, 1.807) is 26.0 Å². The Bertz CT molecular complexity index is 1120. The summed E-state index contributed by atoms with van der Waals surface area (Å²) in [6.45, 7) is 3.92. The number of carboxylic acid groups (broad SMARTS) is 1. The average molecular weight is 525 g/mol. The van der Waals surface area contributed by atoms with Gasteiger partial charge in [-0.15, -0.1) is 0 Å². The maximum atomic E-state index is 13.5. The summed E-state index contributed by atoms with van der Waals surface area (Å²) in [7, 11) is 0. The topological polar surface area (TPSA) is 162 Å². The highest BCUT2D eigenvalue weighted by atomic mass is 16.4. The summed E-state index contributed by atoms with van der Waals surface area (Å²) in [5.41, 5.74) is 7.64. The monoisotopic (exact) mass is 524 g/mol. The molecule has 38 heavy (non-hydrogen) atoms. The lowest BCUT2D eigenvalue weighted by Gasteiger charge is -2.31. The molecule has 10 heteroatoms. The molecule has 3 rings (SSSR count). The van der Waals surface area contributed by atoms with Gasteiger partial charge < -0.3 is 31.5 Å². The van der Waals surface area contributed by atoms with Crippen molar-refractivity contribution in [2.45, 2.75) is 63.7 Å². The molecule has 6 N–H and O–H groups in total. The Morgan fingerprint density at radius 1 is 0.974 bits per heavy atom. The van der Waals surface area contributed by atoms with Crippen LogP contribution in [0.2, 0.25) is 0 Å². The summed E-state index contributed by atoms with van der Waals surface area (Å²) in [5, 5.41) is 24.4. The van der Waals surface area contributed by atoms with E-state index in [2.05, 4.69) is 10.6 Å². The van der Waals surface area contributed by atoms with Crippen molar-refractivity contribution in [2.24, 2.45) is 11.7 Å². The number of carboxylic acids is 1. The molecule has 2 aromatic carbocycles. The zero-order valence-electron chi connectivity index (χ0n) is 21.7. The molecule has 0 saturated carbocycles. The molecule has 3 amide bonds. The first kappa shape index (κ1) is 28.6. The number of hydrogen-bond donors (Lipinski definition) is 5. The number of likely N-dealkylation sites (tertiary alicyclic amines) is 1. The van der Waals surface area contributed by atoms with Crippen molar-refractivity contribution in [1.29, 1.82) is 0 Å². The Labute approximate surface area is 222 Å². The van der Waals surface area contributed by atoms with Crippen LogP contribution in [0.15, 0.2) is 54.6 Å². The third-order valence-corrected chi connectivity index (χ3v) is 6.69. The smallest absolute Gasteiger partial charge is 0.326 e. The minimum atomic E-state index is -1.21. The highest BCUT2D eigenvalue weighted by molar-refractivity contribution is 5.94. The fourth-order valence-electron chi connectivity index (χ4n) is 4.55. The Morgan fingerprint density at radius 3 is 2.21 bits per heavy atom. The predicted molar refractivity (Wildman–Crippen MR) is 141 cm³/mol. The number of benzene rings is 2. The fraction of sp³-hybridized carbons (Fsp3) is 0.429. The lowest BCUT2D eigenvalue weighted by molar-refractivity contribution is -0.145. The van der Waals surface area contributed by atoms with Crippen LogP contribution >= 0.6 is 0 Å². The minimum Gasteiger partial charge on any atom is -0.508 e. The van der Waals surface area contributed by atoms with Gasteiger partial charge in [0.1, 0.15) is 23.9 Å². The Hall–Kier alpha value is -3.92. The number of nitrogens with one attached hydrogen (secondary N) is 2. The lowest BCUT2D eigenvalue weighted by Crippen LogP contribution is -2.58. The van der Waals surface area contributed by atoms with Gasteiger partial charge in [-0.1, -0.05) is 56.3 Å². The van der Waals surface area contributed by atoms with Gasteiger partial charge in [-0.25, -0.2) is 4.79 Å². The average Bonchev–Trinajstić information content (AvgIpc) is 3.38. The fourth-order valence-corrected chi connectivity index (χ4v) is 4.55. The van der Waals surface area contributed by atoms with E-state index in [0.29, 0.717) is 31.4 Å². The molecule has 0 radical (unpaired) electrons. The van der Waals surface area contributed by atoms with Crippen molar-refractivity contribution in [3.63, 3.8) is 0 Å². The van der Waals surface area contributed by atoms with Gasteiger partial charge in [-0.2, -0.15) is 0 Å². The normalized spacial score (nSPS) is 17.5. The molecule has 1 heterocycles. The molecule has 204 valence electrons. The van der Waals surface area contributed by atoms with Crippen molar-refractivity contribution in [3.05, 3.63) is 65.7 Å². The van der Waals surface area contributed by atoms with E-state index in [4.69, 9.17) is 5.73 Å². The van der Waals surface area contributed by atoms with Gasteiger partial charge in [-0.05, 0) is 48.4 Å². The number of aromatic hydroxyl groups is 1. The summed E-state index contributed by atoms with van der Waals surface area (Å²) < 4.78 is 0. The third-order valence-electron chi connectivity index (χ3n) is 6.69. The molecule has 0 spiro atoms. The van der Waals surface area contributed by atoms with E-state index >= 15 is 0 Å². The van der Waals surface area contributed by atoms with Gasteiger partial charge in [0.2, 0.25) is 17.7 Å². The number of carbonyl (C=O) groups excluding carboxylic acids is 3. The predicted octanol–water partition coefficient (Wildman–Crippen LogP) is 1.21. The second-order valence-corrected chi connectivity index (χ2v) is 9.99. The van der Waals surface area contributed by atoms with E-state index in [0.717, 1.165) is 5.56 Å². The van der Waals surface area contributed by atoms with Crippen molar-refractivity contribution in [3.8, 4) is 5.75 Å². The number of phenolic OH excluding ortho intramolecular Hbond substituents is 1. The van der Waals surface area contributed by atoms with Gasteiger partial charge in [-0.3, -0.25) is 14.4 Å². The van der Waals surface area contributed by atoms with Crippen LogP contribution in [-0.2, 0) is 32.0 Å². The van der Waals surface area contributed by atoms with E-state index in [1.807, 2.05) is 30.3 Å². The highest BCUT2D eigenvalue weighted by Crippen LogP contribution is 2.21. The summed E-state index contributed by atoms with van der Waals surface area (Å²) >= 11 is 0. The number of amides is 3. The van der Waals surface area contributed by atoms with Crippen LogP contribution in [-0.4, -0.2) is 69.5 Å². The van der Waals surface area contributed by atoms with Crippen molar-refractivity contribution >= 4 is 23.7 Å². The first-order chi connectivity index (χ1) is 18.1. The maximum Gasteiger partial charge on any atom is 0.326 e. The number of carbonyl (C=O) groups is 4. The Morgan fingerprint density at radius 2 is 1.61 bits per heavy atom. The Balaban J connectivity index is 1.66. The molecule has 0 aliphatic carbocycles. The van der Waals surface area contributed by atoms with Gasteiger partial charge >= 0.3 is 5.97 Å². The number of phenols is 1. The first-order valence-electron chi connectivity index (χ1n) is 12.8. The lowest BCUT2D eigenvalue weighted by atomic mass is 10.00. The van der Waals surface area contributed by atoms with Gasteiger partial charge in [0.25, 0.3) is 0 Å². The van der Waals surface area contributed by atoms with Crippen LogP contribution in [0.1, 0.15) is 37.8 Å². The van der Waals surface area contributed by atoms with Crippen LogP contribution in [0.25, 0.3) is 0 Å². The molecule has 4 atom stereocenters. The van der Waals surface area contributed by atoms with Crippen LogP contribution in [0.5, 0.6) is 5.75 Å². The SMILES string of the molecule is CC(C)C(NC(=O)C(N)Cc1ccccc1)C(=O)N1CCCC1C(=O)NC(Cc1ccc(O)cc1)C(=O)O. The maximum absolute atomic E-state index is 13.5. The van der Waals surface area contributed by atoms with Crippen LogP contribution in [0, 0.1) is 5.92 Å². The molecule has 1 fully saturated rings. The van der Waals surface area contributed by atoms with Gasteiger partial charge in [0.05, 0.1) is 6.04 Å². The third kappa shape index (κ3) is 7.55. The van der Waals surface area contributed by atoms with Gasteiger partial charge in [0, 0.05) is 13.0 Å². The molecule has 0 bridgehead atoms. The number of nitrogens with two attached hydrogens (primary N) is 1. The molecule has 0 aromatic heterocycles. The van der Waals surface area contributed by atoms with Crippen molar-refractivity contribution < 1.29 is 29.4 Å². The first-order valence-corrected chi connectivity index (χ1v) is 12.8. The summed E-state index contributed by atoms with van der Waals surface area (Å²) in [4.78, 5) is 52.8. The minimum absolute atomic E-state index is 0.0198. The molecule has 10 nitrogen and oxygen atoms in total. The number of nitrogens with zero attached hydrogens (tertiary/aromatic N) is 1. The molecule has 1 aliphatic rings. The van der Waals surface area contributed by atoms with Gasteiger partial charge in [0.15, 0.2) is 0 Å². The van der Waals surface area contributed by atoms with Crippen LogP contribution in [0.3, 0.4) is 0 Å². The highest BCUT2D eigenvalue weighted by Gasteiger charge is 2.40. The van der Waals surface area contributed by atoms with Crippen LogP contribution < -0.4 is 16.4 Å². The molecular weight excluding hydrogens is 488 g/mol. The van der Waals surface area contributed by atoms with E-state index in [1.165, 1.54) is 17.0 Å². The molecule has 1 aliphatic heterocycles. The Kier molecular flexibility index (Phi) is 9.84. The molecule has 4 unspecified atom stereocenters. The molecular formula is C28H36N4O6. The van der Waals surface area contributed by atoms with E-state index in [9.17, 15) is 29.4 Å². The molecule has 1 saturated heterocycles. The van der Waals surface area contributed by atoms with E-state index in [-0.39, 0.29) is 18.1 Å².